The Balaban J connectivity index is 2.28. The molecule has 4 nitrogen and oxygen atoms in total. The molecule has 0 unspecified atom stereocenters. The molecule has 21 heavy (non-hydrogen) atoms. The van der Waals surface area contributed by atoms with Gasteiger partial charge in [0.2, 0.25) is 10.0 Å². The van der Waals surface area contributed by atoms with Crippen LogP contribution in [0.1, 0.15) is 5.56 Å². The second kappa shape index (κ2) is 6.23. The van der Waals surface area contributed by atoms with Gasteiger partial charge in [0.05, 0.1) is 15.6 Å². The van der Waals surface area contributed by atoms with Crippen LogP contribution in [-0.2, 0) is 16.6 Å². The Morgan fingerprint density at radius 3 is 2.48 bits per heavy atom. The van der Waals surface area contributed by atoms with Crippen LogP contribution in [0.15, 0.2) is 47.4 Å². The van der Waals surface area contributed by atoms with Crippen molar-refractivity contribution >= 4 is 38.9 Å². The Morgan fingerprint density at radius 2 is 1.86 bits per heavy atom. The third-order valence-electron chi connectivity index (χ3n) is 2.97. The second-order valence-corrected chi connectivity index (χ2v) is 7.46. The van der Waals surface area contributed by atoms with Crippen LogP contribution in [0.2, 0.25) is 10.0 Å². The van der Waals surface area contributed by atoms with Gasteiger partial charge in [-0.1, -0.05) is 35.3 Å². The van der Waals surface area contributed by atoms with Gasteiger partial charge in [0, 0.05) is 18.6 Å². The van der Waals surface area contributed by atoms with Gasteiger partial charge in [-0.2, -0.15) is 4.31 Å². The Hall–Kier alpha value is -1.27. The Labute approximate surface area is 134 Å². The maximum atomic E-state index is 12.5. The highest BCUT2D eigenvalue weighted by atomic mass is 35.5. The molecular weight excluding hydrogens is 331 g/mol. The van der Waals surface area contributed by atoms with E-state index in [0.29, 0.717) is 10.7 Å². The van der Waals surface area contributed by atoms with E-state index in [1.165, 1.54) is 29.6 Å². The monoisotopic (exact) mass is 344 g/mol. The lowest BCUT2D eigenvalue weighted by atomic mass is 10.2. The fourth-order valence-electron chi connectivity index (χ4n) is 1.83. The number of hydrogen-bond donors (Lipinski definition) is 1. The molecule has 0 aliphatic heterocycles. The van der Waals surface area contributed by atoms with Crippen LogP contribution in [0.5, 0.6) is 0 Å². The van der Waals surface area contributed by atoms with Crippen LogP contribution in [0.4, 0.5) is 5.69 Å². The van der Waals surface area contributed by atoms with E-state index >= 15 is 0 Å². The van der Waals surface area contributed by atoms with Crippen LogP contribution in [0.25, 0.3) is 0 Å². The first-order chi connectivity index (χ1) is 9.80. The average molecular weight is 345 g/mol. The lowest BCUT2D eigenvalue weighted by Crippen LogP contribution is -2.26. The third kappa shape index (κ3) is 3.68. The van der Waals surface area contributed by atoms with Gasteiger partial charge in [-0.3, -0.25) is 0 Å². The first kappa shape index (κ1) is 16.1. The topological polar surface area (TPSA) is 63.4 Å². The predicted molar refractivity (Wildman–Crippen MR) is 86.0 cm³/mol. The molecule has 0 bridgehead atoms. The highest BCUT2D eigenvalue weighted by Gasteiger charge is 2.21. The van der Waals surface area contributed by atoms with Crippen LogP contribution in [-0.4, -0.2) is 19.8 Å². The summed E-state index contributed by atoms with van der Waals surface area (Å²) in [4.78, 5) is 0.103. The zero-order valence-corrected chi connectivity index (χ0v) is 13.6. The van der Waals surface area contributed by atoms with Gasteiger partial charge in [-0.25, -0.2) is 8.42 Å². The molecule has 0 amide bonds. The quantitative estimate of drug-likeness (QED) is 0.864. The van der Waals surface area contributed by atoms with Crippen molar-refractivity contribution in [3.63, 3.8) is 0 Å². The molecule has 0 fully saturated rings. The summed E-state index contributed by atoms with van der Waals surface area (Å²) in [7, 11) is -2.14. The minimum atomic E-state index is -3.64. The van der Waals surface area contributed by atoms with Crippen molar-refractivity contribution in [3.8, 4) is 0 Å². The van der Waals surface area contributed by atoms with Crippen molar-refractivity contribution in [2.75, 3.05) is 12.8 Å². The minimum Gasteiger partial charge on any atom is -0.398 e. The fraction of sp³-hybridized carbons (Fsp3) is 0.143. The van der Waals surface area contributed by atoms with E-state index in [1.54, 1.807) is 18.2 Å². The molecule has 0 atom stereocenters. The largest absolute Gasteiger partial charge is 0.398 e. The maximum absolute atomic E-state index is 12.5. The van der Waals surface area contributed by atoms with E-state index in [-0.39, 0.29) is 16.5 Å². The van der Waals surface area contributed by atoms with Crippen molar-refractivity contribution in [2.45, 2.75) is 11.4 Å². The summed E-state index contributed by atoms with van der Waals surface area (Å²) in [5.74, 6) is 0. The van der Waals surface area contributed by atoms with Crippen LogP contribution < -0.4 is 5.73 Å². The smallest absolute Gasteiger partial charge is 0.243 e. The van der Waals surface area contributed by atoms with Crippen LogP contribution in [0, 0.1) is 0 Å². The van der Waals surface area contributed by atoms with Crippen LogP contribution in [0.3, 0.4) is 0 Å². The zero-order valence-electron chi connectivity index (χ0n) is 11.3. The normalized spacial score (nSPS) is 11.8. The van der Waals surface area contributed by atoms with E-state index in [2.05, 4.69) is 0 Å². The Kier molecular flexibility index (Phi) is 4.78. The van der Waals surface area contributed by atoms with Gasteiger partial charge in [0.15, 0.2) is 0 Å². The van der Waals surface area contributed by atoms with Gasteiger partial charge in [-0.05, 0) is 35.9 Å². The highest BCUT2D eigenvalue weighted by molar-refractivity contribution is 7.89. The molecule has 0 aliphatic carbocycles. The second-order valence-electron chi connectivity index (χ2n) is 4.57. The number of halogens is 2. The molecule has 112 valence electrons. The van der Waals surface area contributed by atoms with Crippen molar-refractivity contribution in [1.29, 1.82) is 0 Å². The van der Waals surface area contributed by atoms with Crippen molar-refractivity contribution in [2.24, 2.45) is 0 Å². The molecular formula is C14H14Cl2N2O2S. The lowest BCUT2D eigenvalue weighted by Gasteiger charge is -2.18. The highest BCUT2D eigenvalue weighted by Crippen LogP contribution is 2.25. The number of sulfonamides is 1. The maximum Gasteiger partial charge on any atom is 0.243 e. The van der Waals surface area contributed by atoms with E-state index in [1.807, 2.05) is 6.07 Å². The average Bonchev–Trinajstić information content (AvgIpc) is 2.41. The summed E-state index contributed by atoms with van der Waals surface area (Å²) in [6, 6.07) is 11.3. The number of nitrogens with two attached hydrogens (primary N) is 1. The van der Waals surface area contributed by atoms with Crippen LogP contribution >= 0.6 is 23.2 Å². The lowest BCUT2D eigenvalue weighted by molar-refractivity contribution is 0.467. The molecule has 0 aromatic heterocycles. The van der Waals surface area contributed by atoms with Gasteiger partial charge in [0.25, 0.3) is 0 Å². The number of anilines is 1. The molecule has 0 radical (unpaired) electrons. The number of benzene rings is 2. The molecule has 2 N–H and O–H groups in total. The van der Waals surface area contributed by atoms with E-state index in [0.717, 1.165) is 5.56 Å². The molecule has 0 spiro atoms. The summed E-state index contributed by atoms with van der Waals surface area (Å²) >= 11 is 11.8. The van der Waals surface area contributed by atoms with Crippen molar-refractivity contribution in [3.05, 3.63) is 58.1 Å². The SMILES string of the molecule is CN(Cc1cccc(Cl)c1)S(=O)(=O)c1ccc(N)c(Cl)c1. The standard InChI is InChI=1S/C14H14Cl2N2O2S/c1-18(9-10-3-2-4-11(15)7-10)21(19,20)12-5-6-14(17)13(16)8-12/h2-8H,9,17H2,1H3. The summed E-state index contributed by atoms with van der Waals surface area (Å²) < 4.78 is 26.2. The predicted octanol–water partition coefficient (Wildman–Crippen LogP) is 3.40. The first-order valence-electron chi connectivity index (χ1n) is 6.06. The van der Waals surface area contributed by atoms with E-state index < -0.39 is 10.0 Å². The molecule has 2 aromatic carbocycles. The molecule has 0 saturated heterocycles. The van der Waals surface area contributed by atoms with Crippen molar-refractivity contribution in [1.82, 2.24) is 4.31 Å². The fourth-order valence-corrected chi connectivity index (χ4v) is 3.47. The molecule has 0 aliphatic rings. The van der Waals surface area contributed by atoms with Gasteiger partial charge in [0.1, 0.15) is 0 Å². The third-order valence-corrected chi connectivity index (χ3v) is 5.34. The van der Waals surface area contributed by atoms with Crippen molar-refractivity contribution < 1.29 is 8.42 Å². The van der Waals surface area contributed by atoms with Gasteiger partial charge >= 0.3 is 0 Å². The zero-order chi connectivity index (χ0) is 15.6. The number of hydrogen-bond acceptors (Lipinski definition) is 3. The Bertz CT molecular complexity index is 763. The molecule has 2 rings (SSSR count). The van der Waals surface area contributed by atoms with Gasteiger partial charge in [-0.15, -0.1) is 0 Å². The minimum absolute atomic E-state index is 0.103. The summed E-state index contributed by atoms with van der Waals surface area (Å²) in [5, 5.41) is 0.779. The Morgan fingerprint density at radius 1 is 1.14 bits per heavy atom. The van der Waals surface area contributed by atoms with E-state index in [4.69, 9.17) is 28.9 Å². The first-order valence-corrected chi connectivity index (χ1v) is 8.26. The number of rotatable bonds is 4. The molecule has 0 heterocycles. The molecule has 2 aromatic rings. The molecule has 0 saturated carbocycles. The summed E-state index contributed by atoms with van der Waals surface area (Å²) in [6.07, 6.45) is 0. The molecule has 7 heteroatoms. The number of nitrogens with zero attached hydrogens (tertiary/aromatic N) is 1. The van der Waals surface area contributed by atoms with E-state index in [9.17, 15) is 8.42 Å². The summed E-state index contributed by atoms with van der Waals surface area (Å²) in [5.41, 5.74) is 6.74. The van der Waals surface area contributed by atoms with Gasteiger partial charge < -0.3 is 5.73 Å². The summed E-state index contributed by atoms with van der Waals surface area (Å²) in [6.45, 7) is 0.213. The number of nitrogen functional groups attached to an aromatic ring is 1.